The molecule has 0 bridgehead atoms. The van der Waals surface area contributed by atoms with Gasteiger partial charge in [-0.1, -0.05) is 36.4 Å². The molecule has 1 heterocycles. The van der Waals surface area contributed by atoms with Crippen molar-refractivity contribution in [2.75, 3.05) is 19.0 Å². The van der Waals surface area contributed by atoms with Gasteiger partial charge in [-0.3, -0.25) is 19.3 Å². The zero-order valence-corrected chi connectivity index (χ0v) is 21.4. The molecule has 0 aromatic heterocycles. The van der Waals surface area contributed by atoms with Crippen molar-refractivity contribution in [3.8, 4) is 11.5 Å². The summed E-state index contributed by atoms with van der Waals surface area (Å²) in [6.45, 7) is 3.49. The number of methoxy groups -OCH3 is 1. The van der Waals surface area contributed by atoms with Crippen LogP contribution < -0.4 is 14.8 Å². The predicted octanol–water partition coefficient (Wildman–Crippen LogP) is 5.71. The highest BCUT2D eigenvalue weighted by molar-refractivity contribution is 8.18. The second-order valence-electron chi connectivity index (χ2n) is 8.42. The highest BCUT2D eigenvalue weighted by atomic mass is 32.2. The monoisotopic (exact) mass is 520 g/mol. The van der Waals surface area contributed by atoms with Crippen LogP contribution in [0.1, 0.15) is 22.3 Å². The molecule has 1 N–H and O–H groups in total. The Labute approximate surface area is 218 Å². The second kappa shape index (κ2) is 11.3. The average molecular weight is 521 g/mol. The van der Waals surface area contributed by atoms with E-state index in [9.17, 15) is 18.8 Å². The van der Waals surface area contributed by atoms with Gasteiger partial charge in [-0.05, 0) is 72.6 Å². The van der Waals surface area contributed by atoms with E-state index in [1.54, 1.807) is 36.4 Å². The Hall–Kier alpha value is -4.11. The summed E-state index contributed by atoms with van der Waals surface area (Å²) in [5, 5.41) is 2.37. The molecule has 0 atom stereocenters. The van der Waals surface area contributed by atoms with E-state index in [1.807, 2.05) is 32.0 Å². The van der Waals surface area contributed by atoms with Crippen LogP contribution in [0.4, 0.5) is 14.9 Å². The molecule has 3 aromatic rings. The molecule has 0 saturated carbocycles. The number of carbonyl (C=O) groups is 3. The maximum atomic E-state index is 14.0. The summed E-state index contributed by atoms with van der Waals surface area (Å²) in [5.74, 6) is -0.583. The number of nitrogens with zero attached hydrogens (tertiary/aromatic N) is 1. The summed E-state index contributed by atoms with van der Waals surface area (Å²) in [6.07, 6.45) is 1.56. The number of nitrogens with one attached hydrogen (secondary N) is 1. The van der Waals surface area contributed by atoms with Crippen molar-refractivity contribution in [2.45, 2.75) is 20.4 Å². The summed E-state index contributed by atoms with van der Waals surface area (Å²) in [4.78, 5) is 38.9. The SMILES string of the molecule is COc1cc(/C=C2\SC(=O)N(Cc3ccccc3F)C2=O)ccc1OCC(=O)Nc1cc(C)ccc1C. The number of thioether (sulfide) groups is 1. The van der Waals surface area contributed by atoms with E-state index in [2.05, 4.69) is 5.32 Å². The van der Waals surface area contributed by atoms with Gasteiger partial charge in [0, 0.05) is 11.3 Å². The molecule has 0 radical (unpaired) electrons. The van der Waals surface area contributed by atoms with Crippen molar-refractivity contribution < 1.29 is 28.2 Å². The minimum Gasteiger partial charge on any atom is -0.493 e. The van der Waals surface area contributed by atoms with Crippen molar-refractivity contribution in [1.29, 1.82) is 0 Å². The van der Waals surface area contributed by atoms with Crippen LogP contribution in [0.5, 0.6) is 11.5 Å². The van der Waals surface area contributed by atoms with Gasteiger partial charge in [0.15, 0.2) is 18.1 Å². The van der Waals surface area contributed by atoms with E-state index in [0.717, 1.165) is 33.5 Å². The summed E-state index contributed by atoms with van der Waals surface area (Å²) in [5.41, 5.74) is 3.56. The number of hydrogen-bond acceptors (Lipinski definition) is 6. The van der Waals surface area contributed by atoms with E-state index in [0.29, 0.717) is 17.1 Å². The van der Waals surface area contributed by atoms with Gasteiger partial charge in [-0.25, -0.2) is 4.39 Å². The Kier molecular flexibility index (Phi) is 7.93. The van der Waals surface area contributed by atoms with E-state index >= 15 is 0 Å². The van der Waals surface area contributed by atoms with Crippen LogP contribution in [-0.2, 0) is 16.1 Å². The number of carbonyl (C=O) groups excluding carboxylic acids is 3. The fourth-order valence-electron chi connectivity index (χ4n) is 3.68. The molecular weight excluding hydrogens is 495 g/mol. The first kappa shape index (κ1) is 26.0. The van der Waals surface area contributed by atoms with Gasteiger partial charge < -0.3 is 14.8 Å². The molecule has 37 heavy (non-hydrogen) atoms. The van der Waals surface area contributed by atoms with Crippen molar-refractivity contribution in [2.24, 2.45) is 0 Å². The van der Waals surface area contributed by atoms with E-state index < -0.39 is 17.0 Å². The predicted molar refractivity (Wildman–Crippen MR) is 141 cm³/mol. The molecule has 3 amide bonds. The Balaban J connectivity index is 1.43. The van der Waals surface area contributed by atoms with Gasteiger partial charge in [0.05, 0.1) is 18.6 Å². The maximum Gasteiger partial charge on any atom is 0.293 e. The first-order valence-electron chi connectivity index (χ1n) is 11.4. The number of rotatable bonds is 8. The number of ether oxygens (including phenoxy) is 2. The summed E-state index contributed by atoms with van der Waals surface area (Å²) < 4.78 is 25.1. The third-order valence-electron chi connectivity index (χ3n) is 5.67. The Bertz CT molecular complexity index is 1410. The molecule has 1 aliphatic rings. The highest BCUT2D eigenvalue weighted by Gasteiger charge is 2.35. The minimum absolute atomic E-state index is 0.144. The van der Waals surface area contributed by atoms with Crippen LogP contribution in [0, 0.1) is 19.7 Å². The van der Waals surface area contributed by atoms with Gasteiger partial charge in [0.1, 0.15) is 5.82 Å². The standard InChI is InChI=1S/C28H25FN2O5S/c1-17-8-9-18(2)22(12-17)30-26(32)16-36-23-11-10-19(13-24(23)35-3)14-25-27(33)31(28(34)37-25)15-20-6-4-5-7-21(20)29/h4-14H,15-16H2,1-3H3,(H,30,32)/b25-14-. The highest BCUT2D eigenvalue weighted by Crippen LogP contribution is 2.35. The van der Waals surface area contributed by atoms with Crippen molar-refractivity contribution >= 4 is 40.6 Å². The van der Waals surface area contributed by atoms with E-state index in [-0.39, 0.29) is 29.5 Å². The molecule has 7 nitrogen and oxygen atoms in total. The Morgan fingerprint density at radius 3 is 2.59 bits per heavy atom. The van der Waals surface area contributed by atoms with Gasteiger partial charge in [-0.2, -0.15) is 0 Å². The van der Waals surface area contributed by atoms with Gasteiger partial charge in [0.25, 0.3) is 17.1 Å². The summed E-state index contributed by atoms with van der Waals surface area (Å²) in [7, 11) is 1.46. The number of benzene rings is 3. The maximum absolute atomic E-state index is 14.0. The third-order valence-corrected chi connectivity index (χ3v) is 6.58. The Morgan fingerprint density at radius 2 is 1.84 bits per heavy atom. The number of amides is 3. The number of anilines is 1. The second-order valence-corrected chi connectivity index (χ2v) is 9.42. The molecule has 1 saturated heterocycles. The van der Waals surface area contributed by atoms with Crippen molar-refractivity contribution in [3.05, 3.63) is 93.6 Å². The van der Waals surface area contributed by atoms with Crippen molar-refractivity contribution in [3.63, 3.8) is 0 Å². The zero-order chi connectivity index (χ0) is 26.5. The normalized spacial score (nSPS) is 14.3. The summed E-state index contributed by atoms with van der Waals surface area (Å²) in [6, 6.07) is 16.8. The van der Waals surface area contributed by atoms with E-state index in [4.69, 9.17) is 9.47 Å². The number of imide groups is 1. The van der Waals surface area contributed by atoms with Crippen LogP contribution >= 0.6 is 11.8 Å². The molecule has 0 spiro atoms. The number of aryl methyl sites for hydroxylation is 2. The van der Waals surface area contributed by atoms with Crippen LogP contribution in [-0.4, -0.2) is 35.7 Å². The summed E-state index contributed by atoms with van der Waals surface area (Å²) >= 11 is 0.788. The van der Waals surface area contributed by atoms with Crippen LogP contribution in [0.25, 0.3) is 6.08 Å². The topological polar surface area (TPSA) is 84.9 Å². The largest absolute Gasteiger partial charge is 0.493 e. The third kappa shape index (κ3) is 6.18. The molecule has 4 rings (SSSR count). The quantitative estimate of drug-likeness (QED) is 0.383. The van der Waals surface area contributed by atoms with Gasteiger partial charge in [-0.15, -0.1) is 0 Å². The van der Waals surface area contributed by atoms with Crippen molar-refractivity contribution in [1.82, 2.24) is 4.90 Å². The fourth-order valence-corrected chi connectivity index (χ4v) is 4.52. The smallest absolute Gasteiger partial charge is 0.293 e. The minimum atomic E-state index is -0.499. The number of hydrogen-bond donors (Lipinski definition) is 1. The molecule has 0 aliphatic carbocycles. The molecule has 0 unspecified atom stereocenters. The lowest BCUT2D eigenvalue weighted by Gasteiger charge is -2.13. The van der Waals surface area contributed by atoms with Gasteiger partial charge >= 0.3 is 0 Å². The first-order chi connectivity index (χ1) is 17.7. The molecule has 1 fully saturated rings. The lowest BCUT2D eigenvalue weighted by Crippen LogP contribution is -2.27. The number of halogens is 1. The van der Waals surface area contributed by atoms with E-state index in [1.165, 1.54) is 19.2 Å². The molecule has 190 valence electrons. The average Bonchev–Trinajstić information content (AvgIpc) is 3.13. The van der Waals surface area contributed by atoms with Crippen LogP contribution in [0.2, 0.25) is 0 Å². The van der Waals surface area contributed by atoms with Gasteiger partial charge in [0.2, 0.25) is 0 Å². The van der Waals surface area contributed by atoms with Crippen LogP contribution in [0.3, 0.4) is 0 Å². The first-order valence-corrected chi connectivity index (χ1v) is 12.2. The molecule has 9 heteroatoms. The molecular formula is C28H25FN2O5S. The lowest BCUT2D eigenvalue weighted by molar-refractivity contribution is -0.123. The lowest BCUT2D eigenvalue weighted by atomic mass is 10.1. The fraction of sp³-hybridized carbons (Fsp3) is 0.179. The zero-order valence-electron chi connectivity index (χ0n) is 20.5. The van der Waals surface area contributed by atoms with Crippen LogP contribution in [0.15, 0.2) is 65.6 Å². The molecule has 3 aromatic carbocycles. The molecule has 1 aliphatic heterocycles. The Morgan fingerprint density at radius 1 is 1.05 bits per heavy atom.